The van der Waals surface area contributed by atoms with Crippen molar-refractivity contribution in [1.29, 1.82) is 0 Å². The van der Waals surface area contributed by atoms with Gasteiger partial charge in [-0.15, -0.1) is 0 Å². The second-order valence-electron chi connectivity index (χ2n) is 4.04. The fourth-order valence-electron chi connectivity index (χ4n) is 1.53. The highest BCUT2D eigenvalue weighted by molar-refractivity contribution is 5.85. The number of carbonyl (C=O) groups is 2. The third-order valence-electron chi connectivity index (χ3n) is 2.50. The summed E-state index contributed by atoms with van der Waals surface area (Å²) < 4.78 is 5.48. The number of hydrogen-bond acceptors (Lipinski definition) is 5. The van der Waals surface area contributed by atoms with Crippen molar-refractivity contribution in [2.75, 3.05) is 46.4 Å². The van der Waals surface area contributed by atoms with Crippen LogP contribution in [0.4, 0.5) is 0 Å². The van der Waals surface area contributed by atoms with E-state index in [-0.39, 0.29) is 31.0 Å². The third-order valence-corrected chi connectivity index (χ3v) is 2.50. The average molecular weight is 244 g/mol. The van der Waals surface area contributed by atoms with Crippen molar-refractivity contribution >= 4 is 11.8 Å². The van der Waals surface area contributed by atoms with Crippen LogP contribution in [0.2, 0.25) is 0 Å². The molecule has 1 fully saturated rings. The van der Waals surface area contributed by atoms with Crippen LogP contribution in [0.3, 0.4) is 0 Å². The Balaban J connectivity index is 2.12. The smallest absolute Gasteiger partial charge is 0.239 e. The molecule has 1 aliphatic rings. The molecule has 0 aromatic carbocycles. The molecule has 7 heteroatoms. The maximum atomic E-state index is 11.4. The molecule has 0 saturated carbocycles. The van der Waals surface area contributed by atoms with Crippen molar-refractivity contribution in [2.45, 2.75) is 6.10 Å². The largest absolute Gasteiger partial charge is 0.374 e. The summed E-state index contributed by atoms with van der Waals surface area (Å²) in [6.07, 6.45) is 0.0166. The molecule has 1 heterocycles. The van der Waals surface area contributed by atoms with Gasteiger partial charge >= 0.3 is 0 Å². The maximum Gasteiger partial charge on any atom is 0.239 e. The lowest BCUT2D eigenvalue weighted by atomic mass is 10.3. The van der Waals surface area contributed by atoms with Gasteiger partial charge in [-0.2, -0.15) is 0 Å². The highest BCUT2D eigenvalue weighted by Crippen LogP contribution is 2.01. The lowest BCUT2D eigenvalue weighted by Crippen LogP contribution is -2.47. The predicted octanol–water partition coefficient (Wildman–Crippen LogP) is -2.49. The van der Waals surface area contributed by atoms with Gasteiger partial charge in [-0.3, -0.25) is 9.59 Å². The van der Waals surface area contributed by atoms with Gasteiger partial charge in [-0.1, -0.05) is 0 Å². The standard InChI is InChI=1S/C10H20N4O3/c1-14-2-3-17-8(7-14)5-12-10(16)6-13-9(15)4-11/h8H,2-7,11H2,1H3,(H,12,16)(H,13,15). The SMILES string of the molecule is CN1CCOC(CNC(=O)CNC(=O)CN)C1. The lowest BCUT2D eigenvalue weighted by Gasteiger charge is -2.30. The number of likely N-dealkylation sites (N-methyl/N-ethyl adjacent to an activating group) is 1. The van der Waals surface area contributed by atoms with Crippen molar-refractivity contribution in [3.8, 4) is 0 Å². The van der Waals surface area contributed by atoms with Crippen LogP contribution >= 0.6 is 0 Å². The highest BCUT2D eigenvalue weighted by atomic mass is 16.5. The molecule has 1 saturated heterocycles. The Kier molecular flexibility index (Phi) is 5.88. The second kappa shape index (κ2) is 7.21. The van der Waals surface area contributed by atoms with Crippen LogP contribution < -0.4 is 16.4 Å². The Morgan fingerprint density at radius 1 is 1.41 bits per heavy atom. The molecule has 1 rings (SSSR count). The van der Waals surface area contributed by atoms with Gasteiger partial charge in [0.15, 0.2) is 0 Å². The van der Waals surface area contributed by atoms with E-state index in [4.69, 9.17) is 10.5 Å². The normalized spacial score (nSPS) is 20.9. The minimum absolute atomic E-state index is 0.0166. The minimum atomic E-state index is -0.339. The molecule has 0 aromatic heterocycles. The Bertz CT molecular complexity index is 272. The van der Waals surface area contributed by atoms with Gasteiger partial charge in [0.05, 0.1) is 25.8 Å². The lowest BCUT2D eigenvalue weighted by molar-refractivity contribution is -0.125. The van der Waals surface area contributed by atoms with Crippen molar-refractivity contribution in [3.05, 3.63) is 0 Å². The van der Waals surface area contributed by atoms with Gasteiger partial charge in [-0.05, 0) is 7.05 Å². The van der Waals surface area contributed by atoms with E-state index in [1.54, 1.807) is 0 Å². The molecule has 0 aromatic rings. The molecular formula is C10H20N4O3. The van der Waals surface area contributed by atoms with E-state index in [9.17, 15) is 9.59 Å². The van der Waals surface area contributed by atoms with E-state index in [1.807, 2.05) is 7.05 Å². The molecule has 1 atom stereocenters. The zero-order chi connectivity index (χ0) is 12.7. The summed E-state index contributed by atoms with van der Waals surface area (Å²) in [5.74, 6) is -0.572. The zero-order valence-electron chi connectivity index (χ0n) is 10.1. The molecule has 4 N–H and O–H groups in total. The van der Waals surface area contributed by atoms with Gasteiger partial charge in [0.1, 0.15) is 0 Å². The molecule has 0 radical (unpaired) electrons. The first-order valence-corrected chi connectivity index (χ1v) is 5.65. The van der Waals surface area contributed by atoms with Crippen molar-refractivity contribution in [1.82, 2.24) is 15.5 Å². The molecule has 98 valence electrons. The predicted molar refractivity (Wildman–Crippen MR) is 62.3 cm³/mol. The number of morpholine rings is 1. The first kappa shape index (κ1) is 13.9. The third kappa shape index (κ3) is 5.62. The van der Waals surface area contributed by atoms with Crippen LogP contribution in [0.25, 0.3) is 0 Å². The molecule has 17 heavy (non-hydrogen) atoms. The second-order valence-corrected chi connectivity index (χ2v) is 4.04. The Labute approximate surface area is 101 Å². The minimum Gasteiger partial charge on any atom is -0.374 e. The van der Waals surface area contributed by atoms with Gasteiger partial charge in [-0.25, -0.2) is 0 Å². The Morgan fingerprint density at radius 3 is 2.82 bits per heavy atom. The quantitative estimate of drug-likeness (QED) is 0.497. The van der Waals surface area contributed by atoms with Crippen LogP contribution in [0.5, 0.6) is 0 Å². The molecule has 7 nitrogen and oxygen atoms in total. The molecule has 0 aliphatic carbocycles. The zero-order valence-corrected chi connectivity index (χ0v) is 10.1. The number of hydrogen-bond donors (Lipinski definition) is 3. The number of nitrogens with one attached hydrogen (secondary N) is 2. The van der Waals surface area contributed by atoms with E-state index in [0.29, 0.717) is 13.2 Å². The topological polar surface area (TPSA) is 96.7 Å². The molecular weight excluding hydrogens is 224 g/mol. The van der Waals surface area contributed by atoms with E-state index in [2.05, 4.69) is 15.5 Å². The molecule has 0 spiro atoms. The summed E-state index contributed by atoms with van der Waals surface area (Å²) >= 11 is 0. The Hall–Kier alpha value is -1.18. The summed E-state index contributed by atoms with van der Waals surface area (Å²) in [6, 6.07) is 0. The molecule has 1 unspecified atom stereocenters. The van der Waals surface area contributed by atoms with Gasteiger partial charge in [0.2, 0.25) is 11.8 Å². The van der Waals surface area contributed by atoms with Crippen LogP contribution in [0.15, 0.2) is 0 Å². The molecule has 1 aliphatic heterocycles. The van der Waals surface area contributed by atoms with Crippen molar-refractivity contribution in [3.63, 3.8) is 0 Å². The fourth-order valence-corrected chi connectivity index (χ4v) is 1.53. The van der Waals surface area contributed by atoms with Crippen LogP contribution in [-0.4, -0.2) is 69.2 Å². The number of nitrogens with zero attached hydrogens (tertiary/aromatic N) is 1. The van der Waals surface area contributed by atoms with Crippen molar-refractivity contribution in [2.24, 2.45) is 5.73 Å². The maximum absolute atomic E-state index is 11.4. The first-order chi connectivity index (χ1) is 8.11. The number of carbonyl (C=O) groups excluding carboxylic acids is 2. The summed E-state index contributed by atoms with van der Waals surface area (Å²) in [5, 5.41) is 5.11. The van der Waals surface area contributed by atoms with Gasteiger partial charge in [0.25, 0.3) is 0 Å². The monoisotopic (exact) mass is 244 g/mol. The van der Waals surface area contributed by atoms with E-state index >= 15 is 0 Å². The summed E-state index contributed by atoms with van der Waals surface area (Å²) in [4.78, 5) is 24.3. The van der Waals surface area contributed by atoms with Crippen LogP contribution in [-0.2, 0) is 14.3 Å². The molecule has 2 amide bonds. The van der Waals surface area contributed by atoms with Gasteiger partial charge in [0, 0.05) is 19.6 Å². The Morgan fingerprint density at radius 2 is 2.18 bits per heavy atom. The number of nitrogens with two attached hydrogens (primary N) is 1. The number of rotatable bonds is 5. The van der Waals surface area contributed by atoms with E-state index < -0.39 is 0 Å². The van der Waals surface area contributed by atoms with Crippen molar-refractivity contribution < 1.29 is 14.3 Å². The van der Waals surface area contributed by atoms with Crippen LogP contribution in [0.1, 0.15) is 0 Å². The van der Waals surface area contributed by atoms with Gasteiger partial charge < -0.3 is 26.0 Å². The fraction of sp³-hybridized carbons (Fsp3) is 0.800. The number of ether oxygens (including phenoxy) is 1. The highest BCUT2D eigenvalue weighted by Gasteiger charge is 2.18. The number of amides is 2. The van der Waals surface area contributed by atoms with E-state index in [1.165, 1.54) is 0 Å². The summed E-state index contributed by atoms with van der Waals surface area (Å²) in [6.45, 7) is 2.71. The summed E-state index contributed by atoms with van der Waals surface area (Å²) in [7, 11) is 2.01. The first-order valence-electron chi connectivity index (χ1n) is 5.65. The van der Waals surface area contributed by atoms with E-state index in [0.717, 1.165) is 13.1 Å². The van der Waals surface area contributed by atoms with Crippen LogP contribution in [0, 0.1) is 0 Å². The molecule has 0 bridgehead atoms. The average Bonchev–Trinajstić information content (AvgIpc) is 2.33. The summed E-state index contributed by atoms with van der Waals surface area (Å²) in [5.41, 5.74) is 5.10.